The van der Waals surface area contributed by atoms with E-state index in [2.05, 4.69) is 4.57 Å². The molecular formula is C15H17Cl2N3S. The molecule has 1 aliphatic rings. The number of rotatable bonds is 3. The minimum atomic E-state index is 0.456. The fourth-order valence-electron chi connectivity index (χ4n) is 3.13. The molecule has 1 fully saturated rings. The predicted molar refractivity (Wildman–Crippen MR) is 92.4 cm³/mol. The highest BCUT2D eigenvalue weighted by atomic mass is 35.5. The van der Waals surface area contributed by atoms with E-state index in [4.69, 9.17) is 46.1 Å². The van der Waals surface area contributed by atoms with Crippen molar-refractivity contribution in [2.75, 3.05) is 0 Å². The average molecular weight is 342 g/mol. The van der Waals surface area contributed by atoms with Crippen LogP contribution < -0.4 is 5.73 Å². The van der Waals surface area contributed by atoms with Crippen molar-refractivity contribution in [3.63, 3.8) is 0 Å². The van der Waals surface area contributed by atoms with Gasteiger partial charge in [0.2, 0.25) is 0 Å². The third-order valence-corrected chi connectivity index (χ3v) is 4.96. The summed E-state index contributed by atoms with van der Waals surface area (Å²) in [6, 6.07) is 3.68. The molecular weight excluding hydrogens is 325 g/mol. The molecule has 2 N–H and O–H groups in total. The van der Waals surface area contributed by atoms with Crippen LogP contribution in [0.15, 0.2) is 12.1 Å². The van der Waals surface area contributed by atoms with E-state index in [1.807, 2.05) is 12.1 Å². The fourth-order valence-corrected chi connectivity index (χ4v) is 3.58. The molecule has 0 radical (unpaired) electrons. The molecule has 6 heteroatoms. The summed E-state index contributed by atoms with van der Waals surface area (Å²) in [5.74, 6) is 1.54. The predicted octanol–water partition coefficient (Wildman–Crippen LogP) is 4.68. The molecule has 21 heavy (non-hydrogen) atoms. The van der Waals surface area contributed by atoms with Crippen LogP contribution in [0.25, 0.3) is 11.0 Å². The Bertz CT molecular complexity index is 690. The van der Waals surface area contributed by atoms with Crippen molar-refractivity contribution in [2.24, 2.45) is 5.73 Å². The van der Waals surface area contributed by atoms with Crippen molar-refractivity contribution in [3.05, 3.63) is 28.0 Å². The van der Waals surface area contributed by atoms with Gasteiger partial charge in [0.05, 0.1) is 32.6 Å². The number of benzene rings is 1. The third kappa shape index (κ3) is 3.03. The molecule has 2 aromatic rings. The largest absolute Gasteiger partial charge is 0.392 e. The van der Waals surface area contributed by atoms with Gasteiger partial charge in [-0.05, 0) is 25.0 Å². The summed E-state index contributed by atoms with van der Waals surface area (Å²) in [7, 11) is 0. The molecule has 1 aromatic heterocycles. The first kappa shape index (κ1) is 15.1. The van der Waals surface area contributed by atoms with E-state index in [0.717, 1.165) is 16.9 Å². The number of aromatic nitrogens is 2. The van der Waals surface area contributed by atoms with Gasteiger partial charge in [0.15, 0.2) is 0 Å². The number of fused-ring (bicyclic) bond motifs is 1. The maximum atomic E-state index is 6.15. The van der Waals surface area contributed by atoms with Crippen LogP contribution in [0.1, 0.15) is 43.8 Å². The van der Waals surface area contributed by atoms with Crippen LogP contribution >= 0.6 is 35.4 Å². The van der Waals surface area contributed by atoms with Gasteiger partial charge >= 0.3 is 0 Å². The lowest BCUT2D eigenvalue weighted by Crippen LogP contribution is -2.20. The number of hydrogen-bond acceptors (Lipinski definition) is 2. The van der Waals surface area contributed by atoms with Crippen LogP contribution in [-0.4, -0.2) is 14.5 Å². The molecule has 0 saturated heterocycles. The Morgan fingerprint density at radius 2 is 1.90 bits per heavy atom. The van der Waals surface area contributed by atoms with Gasteiger partial charge in [0.1, 0.15) is 5.82 Å². The van der Waals surface area contributed by atoms with Gasteiger partial charge in [-0.1, -0.05) is 54.7 Å². The summed E-state index contributed by atoms with van der Waals surface area (Å²) in [5, 5.41) is 1.06. The number of nitrogens with two attached hydrogens (primary N) is 1. The smallest absolute Gasteiger partial charge is 0.113 e. The topological polar surface area (TPSA) is 43.8 Å². The van der Waals surface area contributed by atoms with E-state index < -0.39 is 0 Å². The van der Waals surface area contributed by atoms with Crippen molar-refractivity contribution in [2.45, 2.75) is 44.6 Å². The summed E-state index contributed by atoms with van der Waals surface area (Å²) in [6.45, 7) is 0.496. The second kappa shape index (κ2) is 6.11. The highest BCUT2D eigenvalue weighted by molar-refractivity contribution is 7.80. The van der Waals surface area contributed by atoms with Crippen molar-refractivity contribution in [1.29, 1.82) is 0 Å². The van der Waals surface area contributed by atoms with Gasteiger partial charge in [-0.15, -0.1) is 0 Å². The Balaban J connectivity index is 2.14. The molecule has 0 atom stereocenters. The van der Waals surface area contributed by atoms with E-state index in [9.17, 15) is 0 Å². The first-order chi connectivity index (χ1) is 10.1. The normalized spacial score (nSPS) is 16.5. The zero-order valence-corrected chi connectivity index (χ0v) is 13.9. The molecule has 0 amide bonds. The summed E-state index contributed by atoms with van der Waals surface area (Å²) in [4.78, 5) is 5.25. The van der Waals surface area contributed by atoms with Gasteiger partial charge < -0.3 is 10.3 Å². The molecule has 1 heterocycles. The second-order valence-corrected chi connectivity index (χ2v) is 6.95. The Kier molecular flexibility index (Phi) is 4.38. The van der Waals surface area contributed by atoms with Crippen LogP contribution in [0.5, 0.6) is 0 Å². The number of imidazole rings is 1. The van der Waals surface area contributed by atoms with Gasteiger partial charge in [-0.2, -0.15) is 0 Å². The monoisotopic (exact) mass is 341 g/mol. The van der Waals surface area contributed by atoms with E-state index in [0.29, 0.717) is 27.5 Å². The molecule has 1 saturated carbocycles. The van der Waals surface area contributed by atoms with E-state index in [1.165, 1.54) is 32.1 Å². The summed E-state index contributed by atoms with van der Waals surface area (Å²) < 4.78 is 2.11. The van der Waals surface area contributed by atoms with Crippen LogP contribution in [-0.2, 0) is 6.54 Å². The summed E-state index contributed by atoms with van der Waals surface area (Å²) in [5.41, 5.74) is 7.58. The quantitative estimate of drug-likeness (QED) is 0.824. The van der Waals surface area contributed by atoms with Gasteiger partial charge in [-0.3, -0.25) is 0 Å². The van der Waals surface area contributed by atoms with Crippen molar-refractivity contribution >= 4 is 51.4 Å². The van der Waals surface area contributed by atoms with Crippen LogP contribution in [0.4, 0.5) is 0 Å². The number of hydrogen-bond donors (Lipinski definition) is 1. The molecule has 0 unspecified atom stereocenters. The van der Waals surface area contributed by atoms with E-state index >= 15 is 0 Å². The molecule has 0 bridgehead atoms. The first-order valence-electron chi connectivity index (χ1n) is 7.19. The second-order valence-electron chi connectivity index (χ2n) is 5.61. The number of halogens is 2. The number of thiocarbonyl (C=S) groups is 1. The average Bonchev–Trinajstić information content (AvgIpc) is 2.78. The van der Waals surface area contributed by atoms with Crippen molar-refractivity contribution in [3.8, 4) is 0 Å². The fraction of sp³-hybridized carbons (Fsp3) is 0.467. The Hall–Kier alpha value is -0.840. The van der Waals surface area contributed by atoms with Gasteiger partial charge in [0, 0.05) is 5.92 Å². The molecule has 1 aliphatic carbocycles. The molecule has 0 aliphatic heterocycles. The minimum absolute atomic E-state index is 0.456. The molecule has 3 rings (SSSR count). The number of nitrogens with zero attached hydrogens (tertiary/aromatic N) is 2. The first-order valence-corrected chi connectivity index (χ1v) is 8.36. The van der Waals surface area contributed by atoms with Crippen LogP contribution in [0.3, 0.4) is 0 Å². The zero-order chi connectivity index (χ0) is 15.0. The minimum Gasteiger partial charge on any atom is -0.392 e. The lowest BCUT2D eigenvalue weighted by molar-refractivity contribution is 0.421. The van der Waals surface area contributed by atoms with Crippen molar-refractivity contribution < 1.29 is 0 Å². The molecule has 112 valence electrons. The van der Waals surface area contributed by atoms with Gasteiger partial charge in [-0.25, -0.2) is 4.98 Å². The maximum Gasteiger partial charge on any atom is 0.113 e. The molecule has 0 spiro atoms. The van der Waals surface area contributed by atoms with Gasteiger partial charge in [0.25, 0.3) is 0 Å². The third-order valence-electron chi connectivity index (χ3n) is 4.10. The maximum absolute atomic E-state index is 6.15. The Morgan fingerprint density at radius 1 is 1.24 bits per heavy atom. The summed E-state index contributed by atoms with van der Waals surface area (Å²) in [6.07, 6.45) is 6.15. The molecule has 3 nitrogen and oxygen atoms in total. The van der Waals surface area contributed by atoms with Crippen LogP contribution in [0, 0.1) is 0 Å². The summed E-state index contributed by atoms with van der Waals surface area (Å²) >= 11 is 17.4. The van der Waals surface area contributed by atoms with Crippen LogP contribution in [0.2, 0.25) is 10.0 Å². The molecule has 1 aromatic carbocycles. The van der Waals surface area contributed by atoms with Crippen molar-refractivity contribution in [1.82, 2.24) is 9.55 Å². The standard InChI is InChI=1S/C15H17Cl2N3S/c16-10-6-12-13(7-11(10)17)20(8-14(18)21)15(19-12)9-4-2-1-3-5-9/h6-7,9H,1-5,8H2,(H2,18,21). The van der Waals surface area contributed by atoms with E-state index in [-0.39, 0.29) is 0 Å². The Morgan fingerprint density at radius 3 is 2.57 bits per heavy atom. The lowest BCUT2D eigenvalue weighted by atomic mass is 9.88. The van der Waals surface area contributed by atoms with E-state index in [1.54, 1.807) is 0 Å². The SMILES string of the molecule is NC(=S)Cn1c(C2CCCCC2)nc2cc(Cl)c(Cl)cc21. The highest BCUT2D eigenvalue weighted by Crippen LogP contribution is 2.35. The Labute approximate surface area is 139 Å². The lowest BCUT2D eigenvalue weighted by Gasteiger charge is -2.22. The zero-order valence-electron chi connectivity index (χ0n) is 11.6. The highest BCUT2D eigenvalue weighted by Gasteiger charge is 2.23.